The number of carbonyl (C=O) groups is 5. The van der Waals surface area contributed by atoms with Gasteiger partial charge in [-0.3, -0.25) is 19.2 Å². The summed E-state index contributed by atoms with van der Waals surface area (Å²) in [6, 6.07) is 0. The maximum atomic E-state index is 13.9. The van der Waals surface area contributed by atoms with Gasteiger partial charge in [0.25, 0.3) is 11.8 Å². The highest BCUT2D eigenvalue weighted by molar-refractivity contribution is 6.02. The molecule has 0 radical (unpaired) electrons. The van der Waals surface area contributed by atoms with E-state index in [1.807, 2.05) is 19.1 Å². The Morgan fingerprint density at radius 1 is 1.05 bits per heavy atom. The van der Waals surface area contributed by atoms with E-state index in [2.05, 4.69) is 19.9 Å². The summed E-state index contributed by atoms with van der Waals surface area (Å²) in [5, 5.41) is 0.476. The van der Waals surface area contributed by atoms with Gasteiger partial charge in [0.1, 0.15) is 5.41 Å². The van der Waals surface area contributed by atoms with Crippen molar-refractivity contribution in [3.05, 3.63) is 35.1 Å². The van der Waals surface area contributed by atoms with Crippen molar-refractivity contribution < 1.29 is 33.5 Å². The molecule has 208 valence electrons. The Balaban J connectivity index is 1.94. The summed E-state index contributed by atoms with van der Waals surface area (Å²) in [6.07, 6.45) is 11.0. The van der Waals surface area contributed by atoms with Gasteiger partial charge in [0.2, 0.25) is 5.91 Å². The number of likely N-dealkylation sites (tertiary alicyclic amines) is 1. The van der Waals surface area contributed by atoms with Crippen LogP contribution in [0.1, 0.15) is 91.9 Å². The fraction of sp³-hybridized carbons (Fsp3) is 0.621. The Kier molecular flexibility index (Phi) is 10.1. The molecule has 9 heteroatoms. The minimum Gasteiger partial charge on any atom is -0.465 e. The van der Waals surface area contributed by atoms with Gasteiger partial charge in [0, 0.05) is 25.1 Å². The molecule has 0 bridgehead atoms. The van der Waals surface area contributed by atoms with Crippen LogP contribution in [0, 0.1) is 11.3 Å². The molecule has 9 nitrogen and oxygen atoms in total. The molecule has 0 aromatic rings. The monoisotopic (exact) mass is 528 g/mol. The lowest BCUT2D eigenvalue weighted by molar-refractivity contribution is -0.199. The van der Waals surface area contributed by atoms with E-state index in [-0.39, 0.29) is 31.9 Å². The third-order valence-electron chi connectivity index (χ3n) is 7.44. The zero-order valence-corrected chi connectivity index (χ0v) is 23.0. The number of carbonyl (C=O) groups excluding carboxylic acids is 5. The molecular weight excluding hydrogens is 488 g/mol. The molecule has 38 heavy (non-hydrogen) atoms. The minimum atomic E-state index is -1.32. The average Bonchev–Trinajstić information content (AvgIpc) is 3.26. The molecule has 2 atom stereocenters. The van der Waals surface area contributed by atoms with Crippen molar-refractivity contribution in [2.45, 2.75) is 91.9 Å². The van der Waals surface area contributed by atoms with E-state index in [1.165, 1.54) is 5.57 Å². The molecule has 2 aliphatic heterocycles. The van der Waals surface area contributed by atoms with E-state index >= 15 is 0 Å². The van der Waals surface area contributed by atoms with Gasteiger partial charge in [0.05, 0.1) is 18.9 Å². The van der Waals surface area contributed by atoms with Gasteiger partial charge in [-0.25, -0.2) is 4.79 Å². The maximum Gasteiger partial charge on any atom is 0.334 e. The largest absolute Gasteiger partial charge is 0.465 e. The van der Waals surface area contributed by atoms with Crippen LogP contribution in [0.15, 0.2) is 35.1 Å². The molecule has 0 N–H and O–H groups in total. The van der Waals surface area contributed by atoms with Gasteiger partial charge in [-0.2, -0.15) is 0 Å². The van der Waals surface area contributed by atoms with Crippen LogP contribution in [-0.4, -0.2) is 52.8 Å². The predicted octanol–water partition coefficient (Wildman–Crippen LogP) is 4.53. The predicted molar refractivity (Wildman–Crippen MR) is 140 cm³/mol. The number of hydrogen-bond donors (Lipinski definition) is 0. The summed E-state index contributed by atoms with van der Waals surface area (Å²) in [5.74, 6) is -4.01. The van der Waals surface area contributed by atoms with E-state index in [0.717, 1.165) is 31.3 Å². The fourth-order valence-corrected chi connectivity index (χ4v) is 5.46. The van der Waals surface area contributed by atoms with E-state index in [1.54, 1.807) is 11.8 Å². The first kappa shape index (κ1) is 29.3. The summed E-state index contributed by atoms with van der Waals surface area (Å²) in [5.41, 5.74) is 1.63. The van der Waals surface area contributed by atoms with Crippen LogP contribution in [0.2, 0.25) is 0 Å². The van der Waals surface area contributed by atoms with Crippen LogP contribution < -0.4 is 0 Å². The van der Waals surface area contributed by atoms with Crippen LogP contribution in [-0.2, 0) is 33.5 Å². The molecule has 3 aliphatic rings. The van der Waals surface area contributed by atoms with Crippen LogP contribution in [0.4, 0.5) is 0 Å². The summed E-state index contributed by atoms with van der Waals surface area (Å²) in [4.78, 5) is 71.1. The molecule has 3 amide bonds. The van der Waals surface area contributed by atoms with Gasteiger partial charge >= 0.3 is 11.9 Å². The Hall–Kier alpha value is -3.23. The summed E-state index contributed by atoms with van der Waals surface area (Å²) in [7, 11) is 0. The second-order valence-electron chi connectivity index (χ2n) is 10.5. The first-order valence-electron chi connectivity index (χ1n) is 13.7. The number of rotatable bonds is 10. The first-order valence-corrected chi connectivity index (χ1v) is 13.7. The number of nitrogens with zero attached hydrogens (tertiary/aromatic N) is 2. The second kappa shape index (κ2) is 13.0. The van der Waals surface area contributed by atoms with E-state index < -0.39 is 41.5 Å². The molecule has 0 spiro atoms. The Bertz CT molecular complexity index is 1040. The number of hydrogen-bond acceptors (Lipinski definition) is 7. The van der Waals surface area contributed by atoms with E-state index in [4.69, 9.17) is 9.57 Å². The topological polar surface area (TPSA) is 110 Å². The molecule has 2 saturated heterocycles. The quantitative estimate of drug-likeness (QED) is 0.233. The van der Waals surface area contributed by atoms with Crippen molar-refractivity contribution >= 4 is 29.7 Å². The SMILES string of the molecule is CCOC(=O)[C@@]12CCCCCC=C1N(C/C=C(\C)CCC=C(C)C)C(=O)[C@H]2CC(=O)ON1C(=O)CCC1=O. The van der Waals surface area contributed by atoms with Gasteiger partial charge in [-0.1, -0.05) is 42.2 Å². The van der Waals surface area contributed by atoms with E-state index in [0.29, 0.717) is 30.0 Å². The molecule has 2 heterocycles. The lowest BCUT2D eigenvalue weighted by Gasteiger charge is -2.34. The zero-order valence-electron chi connectivity index (χ0n) is 23.0. The van der Waals surface area contributed by atoms with Gasteiger partial charge in [-0.15, -0.1) is 5.06 Å². The smallest absolute Gasteiger partial charge is 0.334 e. The minimum absolute atomic E-state index is 0.0266. The second-order valence-corrected chi connectivity index (χ2v) is 10.5. The molecule has 3 rings (SSSR count). The molecule has 0 saturated carbocycles. The molecule has 0 aromatic carbocycles. The highest BCUT2D eigenvalue weighted by atomic mass is 16.7. The van der Waals surface area contributed by atoms with Crippen molar-refractivity contribution in [2.75, 3.05) is 13.2 Å². The van der Waals surface area contributed by atoms with Crippen molar-refractivity contribution in [3.63, 3.8) is 0 Å². The van der Waals surface area contributed by atoms with E-state index in [9.17, 15) is 24.0 Å². The maximum absolute atomic E-state index is 13.9. The number of ether oxygens (including phenoxy) is 1. The van der Waals surface area contributed by atoms with Crippen molar-refractivity contribution in [1.29, 1.82) is 0 Å². The van der Waals surface area contributed by atoms with Gasteiger partial charge in [-0.05, 0) is 59.8 Å². The lowest BCUT2D eigenvalue weighted by atomic mass is 9.69. The highest BCUT2D eigenvalue weighted by Gasteiger charge is 2.61. The molecular formula is C29H40N2O7. The van der Waals surface area contributed by atoms with Gasteiger partial charge < -0.3 is 14.5 Å². The molecule has 1 aliphatic carbocycles. The zero-order chi connectivity index (χ0) is 27.9. The number of esters is 1. The average molecular weight is 529 g/mol. The first-order chi connectivity index (χ1) is 18.1. The number of amides is 3. The third kappa shape index (κ3) is 6.42. The highest BCUT2D eigenvalue weighted by Crippen LogP contribution is 2.52. The van der Waals surface area contributed by atoms with Crippen molar-refractivity contribution in [1.82, 2.24) is 9.96 Å². The number of hydroxylamine groups is 2. The summed E-state index contributed by atoms with van der Waals surface area (Å²) in [6.45, 7) is 8.25. The number of fused-ring (bicyclic) bond motifs is 1. The van der Waals surface area contributed by atoms with Crippen LogP contribution in [0.5, 0.6) is 0 Å². The summed E-state index contributed by atoms with van der Waals surface area (Å²) >= 11 is 0. The number of imide groups is 1. The fourth-order valence-electron chi connectivity index (χ4n) is 5.46. The van der Waals surface area contributed by atoms with Crippen molar-refractivity contribution in [3.8, 4) is 0 Å². The lowest BCUT2D eigenvalue weighted by Crippen LogP contribution is -2.42. The van der Waals surface area contributed by atoms with Gasteiger partial charge in [0.15, 0.2) is 0 Å². The standard InChI is InChI=1S/C29H40N2O7/c1-5-37-28(36)29-17-9-7-6-8-13-23(29)30(18-16-21(4)12-10-11-20(2)3)27(35)22(29)19-26(34)38-31-24(32)14-15-25(31)33/h11,13,16,22H,5-10,12,14-15,17-19H2,1-4H3/b21-16+,23-13?/t22-,29-/m1/s1. The number of allylic oxidation sites excluding steroid dienone is 4. The normalized spacial score (nSPS) is 24.0. The Morgan fingerprint density at radius 3 is 2.42 bits per heavy atom. The molecule has 0 unspecified atom stereocenters. The third-order valence-corrected chi connectivity index (χ3v) is 7.44. The molecule has 2 fully saturated rings. The van der Waals surface area contributed by atoms with Crippen LogP contribution >= 0.6 is 0 Å². The summed E-state index contributed by atoms with van der Waals surface area (Å²) < 4.78 is 5.51. The Labute approximate surface area is 224 Å². The van der Waals surface area contributed by atoms with Crippen LogP contribution in [0.3, 0.4) is 0 Å². The van der Waals surface area contributed by atoms with Crippen molar-refractivity contribution in [2.24, 2.45) is 11.3 Å². The Morgan fingerprint density at radius 2 is 1.76 bits per heavy atom. The van der Waals surface area contributed by atoms with Crippen LogP contribution in [0.25, 0.3) is 0 Å². The molecule has 0 aromatic heterocycles.